The van der Waals surface area contributed by atoms with Gasteiger partial charge in [0, 0.05) is 32.2 Å². The van der Waals surface area contributed by atoms with Crippen LogP contribution in [0.3, 0.4) is 0 Å². The zero-order chi connectivity index (χ0) is 17.1. The molecule has 0 aromatic heterocycles. The minimum absolute atomic E-state index is 0.00562. The molecule has 2 aliphatic rings. The average molecular weight is 325 g/mol. The van der Waals surface area contributed by atoms with Gasteiger partial charge in [0.25, 0.3) is 5.91 Å². The first-order chi connectivity index (χ1) is 11.6. The molecule has 1 amide bonds. The molecule has 4 heteroatoms. The second-order valence-corrected chi connectivity index (χ2v) is 7.51. The van der Waals surface area contributed by atoms with Crippen LogP contribution in [0.4, 0.5) is 0 Å². The molecule has 128 valence electrons. The number of nitriles is 1. The highest BCUT2D eigenvalue weighted by Crippen LogP contribution is 2.32. The highest BCUT2D eigenvalue weighted by molar-refractivity contribution is 5.96. The lowest BCUT2D eigenvalue weighted by Crippen LogP contribution is -2.46. The third-order valence-corrected chi connectivity index (χ3v) is 5.27. The number of carbonyl (C=O) groups is 1. The van der Waals surface area contributed by atoms with Gasteiger partial charge in [-0.15, -0.1) is 0 Å². The van der Waals surface area contributed by atoms with Gasteiger partial charge in [-0.1, -0.05) is 26.0 Å². The number of amides is 1. The molecule has 0 N–H and O–H groups in total. The highest BCUT2D eigenvalue weighted by atomic mass is 16.2. The van der Waals surface area contributed by atoms with E-state index in [4.69, 9.17) is 0 Å². The van der Waals surface area contributed by atoms with Crippen LogP contribution in [0, 0.1) is 23.2 Å². The van der Waals surface area contributed by atoms with E-state index in [2.05, 4.69) is 24.8 Å². The molecule has 4 nitrogen and oxygen atoms in total. The predicted molar refractivity (Wildman–Crippen MR) is 94.6 cm³/mol. The van der Waals surface area contributed by atoms with Gasteiger partial charge in [0.05, 0.1) is 17.2 Å². The zero-order valence-electron chi connectivity index (χ0n) is 14.7. The summed E-state index contributed by atoms with van der Waals surface area (Å²) in [6.07, 6.45) is 3.73. The molecule has 0 bridgehead atoms. The Morgan fingerprint density at radius 2 is 2.04 bits per heavy atom. The van der Waals surface area contributed by atoms with E-state index >= 15 is 0 Å². The molecule has 0 unspecified atom stereocenters. The van der Waals surface area contributed by atoms with Crippen LogP contribution in [0.2, 0.25) is 0 Å². The summed E-state index contributed by atoms with van der Waals surface area (Å²) in [4.78, 5) is 17.6. The predicted octanol–water partition coefficient (Wildman–Crippen LogP) is 3.14. The van der Waals surface area contributed by atoms with Gasteiger partial charge < -0.3 is 4.90 Å². The summed E-state index contributed by atoms with van der Waals surface area (Å²) in [5, 5.41) is 9.28. The lowest BCUT2D eigenvalue weighted by Gasteiger charge is -2.34. The first kappa shape index (κ1) is 17.0. The van der Waals surface area contributed by atoms with Crippen molar-refractivity contribution in [3.63, 3.8) is 0 Å². The summed E-state index contributed by atoms with van der Waals surface area (Å²) in [5.74, 6) is 1.39. The molecular weight excluding hydrogens is 298 g/mol. The van der Waals surface area contributed by atoms with Crippen molar-refractivity contribution in [2.45, 2.75) is 39.2 Å². The Bertz CT molecular complexity index is 630. The molecule has 0 radical (unpaired) electrons. The van der Waals surface area contributed by atoms with Crippen molar-refractivity contribution < 1.29 is 4.79 Å². The Balaban J connectivity index is 1.78. The molecule has 2 fully saturated rings. The summed E-state index contributed by atoms with van der Waals surface area (Å²) >= 11 is 0. The quantitative estimate of drug-likeness (QED) is 0.854. The molecule has 1 aliphatic heterocycles. The zero-order valence-corrected chi connectivity index (χ0v) is 14.7. The summed E-state index contributed by atoms with van der Waals surface area (Å²) in [6.45, 7) is 8.30. The van der Waals surface area contributed by atoms with Crippen LogP contribution in [-0.4, -0.2) is 47.9 Å². The standard InChI is InChI=1S/C20H27N3O/c1-15(2)19-14-23(11-5-10-22(19)13-16-8-9-16)20(24)18-7-4-3-6-17(18)12-21/h3-4,6-7,15-16,19H,5,8-11,13-14H2,1-2H3/t19-/m1/s1. The molecule has 1 aliphatic carbocycles. The maximum absolute atomic E-state index is 13.0. The van der Waals surface area contributed by atoms with Crippen molar-refractivity contribution in [3.8, 4) is 6.07 Å². The van der Waals surface area contributed by atoms with Crippen LogP contribution in [-0.2, 0) is 0 Å². The number of hydrogen-bond donors (Lipinski definition) is 0. The van der Waals surface area contributed by atoms with Crippen LogP contribution in [0.5, 0.6) is 0 Å². The number of nitrogens with zero attached hydrogens (tertiary/aromatic N) is 3. The molecular formula is C20H27N3O. The Kier molecular flexibility index (Phi) is 5.20. The Hall–Kier alpha value is -1.86. The number of hydrogen-bond acceptors (Lipinski definition) is 3. The van der Waals surface area contributed by atoms with Crippen molar-refractivity contribution in [2.24, 2.45) is 11.8 Å². The summed E-state index contributed by atoms with van der Waals surface area (Å²) in [5.41, 5.74) is 1.01. The van der Waals surface area contributed by atoms with Crippen LogP contribution in [0.25, 0.3) is 0 Å². The molecule has 1 atom stereocenters. The van der Waals surface area contributed by atoms with Gasteiger partial charge in [-0.2, -0.15) is 5.26 Å². The van der Waals surface area contributed by atoms with Gasteiger partial charge in [-0.25, -0.2) is 0 Å². The van der Waals surface area contributed by atoms with E-state index < -0.39 is 0 Å². The monoisotopic (exact) mass is 325 g/mol. The van der Waals surface area contributed by atoms with Gasteiger partial charge in [0.2, 0.25) is 0 Å². The van der Waals surface area contributed by atoms with Crippen LogP contribution in [0.1, 0.15) is 49.0 Å². The first-order valence-electron chi connectivity index (χ1n) is 9.12. The summed E-state index contributed by atoms with van der Waals surface area (Å²) in [6, 6.07) is 9.71. The van der Waals surface area contributed by atoms with E-state index in [1.807, 2.05) is 17.0 Å². The highest BCUT2D eigenvalue weighted by Gasteiger charge is 2.33. The number of benzene rings is 1. The van der Waals surface area contributed by atoms with E-state index in [1.54, 1.807) is 12.1 Å². The summed E-state index contributed by atoms with van der Waals surface area (Å²) < 4.78 is 0. The fraction of sp³-hybridized carbons (Fsp3) is 0.600. The second kappa shape index (κ2) is 7.36. The molecule has 3 rings (SSSR count). The Labute approximate surface area is 145 Å². The topological polar surface area (TPSA) is 47.3 Å². The minimum atomic E-state index is 0.00562. The van der Waals surface area contributed by atoms with Crippen LogP contribution < -0.4 is 0 Å². The third-order valence-electron chi connectivity index (χ3n) is 5.27. The van der Waals surface area contributed by atoms with Crippen molar-refractivity contribution in [1.82, 2.24) is 9.80 Å². The minimum Gasteiger partial charge on any atom is -0.337 e. The number of carbonyl (C=O) groups excluding carboxylic acids is 1. The normalized spacial score (nSPS) is 22.2. The van der Waals surface area contributed by atoms with Crippen molar-refractivity contribution >= 4 is 5.91 Å². The third kappa shape index (κ3) is 3.79. The van der Waals surface area contributed by atoms with E-state index in [9.17, 15) is 10.1 Å². The molecule has 1 aromatic rings. The number of rotatable bonds is 4. The molecule has 0 spiro atoms. The molecule has 1 saturated carbocycles. The van der Waals surface area contributed by atoms with Crippen molar-refractivity contribution in [3.05, 3.63) is 35.4 Å². The van der Waals surface area contributed by atoms with Gasteiger partial charge >= 0.3 is 0 Å². The SMILES string of the molecule is CC(C)[C@H]1CN(C(=O)c2ccccc2C#N)CCCN1CC1CC1. The smallest absolute Gasteiger partial charge is 0.255 e. The fourth-order valence-corrected chi connectivity index (χ4v) is 3.68. The van der Waals surface area contributed by atoms with Gasteiger partial charge in [-0.3, -0.25) is 9.69 Å². The lowest BCUT2D eigenvalue weighted by molar-refractivity contribution is 0.0704. The van der Waals surface area contributed by atoms with E-state index in [0.29, 0.717) is 23.1 Å². The van der Waals surface area contributed by atoms with Crippen LogP contribution >= 0.6 is 0 Å². The van der Waals surface area contributed by atoms with Gasteiger partial charge in [0.15, 0.2) is 0 Å². The van der Waals surface area contributed by atoms with Crippen LogP contribution in [0.15, 0.2) is 24.3 Å². The molecule has 24 heavy (non-hydrogen) atoms. The van der Waals surface area contributed by atoms with Crippen molar-refractivity contribution in [2.75, 3.05) is 26.2 Å². The van der Waals surface area contributed by atoms with E-state index in [0.717, 1.165) is 32.0 Å². The first-order valence-corrected chi connectivity index (χ1v) is 9.12. The van der Waals surface area contributed by atoms with E-state index in [1.165, 1.54) is 19.4 Å². The van der Waals surface area contributed by atoms with Gasteiger partial charge in [0.1, 0.15) is 0 Å². The largest absolute Gasteiger partial charge is 0.337 e. The van der Waals surface area contributed by atoms with E-state index in [-0.39, 0.29) is 5.91 Å². The lowest BCUT2D eigenvalue weighted by atomic mass is 10.0. The summed E-state index contributed by atoms with van der Waals surface area (Å²) in [7, 11) is 0. The average Bonchev–Trinajstić information content (AvgIpc) is 3.41. The van der Waals surface area contributed by atoms with Crippen molar-refractivity contribution in [1.29, 1.82) is 5.26 Å². The Morgan fingerprint density at radius 3 is 2.71 bits per heavy atom. The maximum Gasteiger partial charge on any atom is 0.255 e. The van der Waals surface area contributed by atoms with Gasteiger partial charge in [-0.05, 0) is 43.2 Å². The second-order valence-electron chi connectivity index (χ2n) is 7.51. The Morgan fingerprint density at radius 1 is 1.29 bits per heavy atom. The maximum atomic E-state index is 13.0. The molecule has 1 heterocycles. The molecule has 1 saturated heterocycles. The fourth-order valence-electron chi connectivity index (χ4n) is 3.68. The molecule has 1 aromatic carbocycles.